The zero-order chi connectivity index (χ0) is 52.5. The summed E-state index contributed by atoms with van der Waals surface area (Å²) in [5.41, 5.74) is 12.4. The molecule has 1 atom stereocenters. The van der Waals surface area contributed by atoms with Crippen LogP contribution in [0.3, 0.4) is 0 Å². The van der Waals surface area contributed by atoms with Gasteiger partial charge in [-0.2, -0.15) is 0 Å². The summed E-state index contributed by atoms with van der Waals surface area (Å²) in [5, 5.41) is 13.5. The van der Waals surface area contributed by atoms with Gasteiger partial charge in [0, 0.05) is 22.4 Å². The number of nitrogens with zero attached hydrogens (tertiary/aromatic N) is 1. The third kappa shape index (κ3) is 8.31. The summed E-state index contributed by atoms with van der Waals surface area (Å²) in [6, 6.07) is 118. The monoisotopic (exact) mass is 1030 g/mol. The molecule has 1 aromatic heterocycles. The first-order chi connectivity index (χ1) is 38.5. The molecule has 0 radical (unpaired) electrons. The van der Waals surface area contributed by atoms with Gasteiger partial charge in [0.25, 0.3) is 0 Å². The van der Waals surface area contributed by atoms with Gasteiger partial charge in [-0.1, -0.05) is 286 Å². The predicted octanol–water partition coefficient (Wildman–Crippen LogP) is 13.3. The van der Waals surface area contributed by atoms with Crippen LogP contribution in [0.2, 0.25) is 0 Å². The van der Waals surface area contributed by atoms with Crippen LogP contribution in [-0.2, 0) is 0 Å². The molecule has 13 rings (SSSR count). The summed E-state index contributed by atoms with van der Waals surface area (Å²) < 4.78 is 2.48. The first-order valence-electron chi connectivity index (χ1n) is 27.3. The van der Waals surface area contributed by atoms with E-state index < -0.39 is 16.1 Å². The van der Waals surface area contributed by atoms with Crippen LogP contribution in [0.25, 0.3) is 49.7 Å². The topological polar surface area (TPSA) is 4.93 Å². The number of fused-ring (bicyclic) bond motifs is 3. The highest BCUT2D eigenvalue weighted by Gasteiger charge is 2.43. The fraction of sp³-hybridized carbons (Fsp3) is 0.0400. The number of hydrogen-bond acceptors (Lipinski definition) is 0. The number of hydrogen-bond donors (Lipinski definition) is 0. The van der Waals surface area contributed by atoms with E-state index in [1.165, 1.54) is 102 Å². The van der Waals surface area contributed by atoms with Crippen LogP contribution in [0.15, 0.2) is 315 Å². The highest BCUT2D eigenvalue weighted by atomic mass is 28.3. The van der Waals surface area contributed by atoms with Crippen molar-refractivity contribution in [2.45, 2.75) is 19.8 Å². The lowest BCUT2D eigenvalue weighted by Gasteiger charge is -2.35. The zero-order valence-electron chi connectivity index (χ0n) is 44.0. The Kier molecular flexibility index (Phi) is 12.9. The second kappa shape index (κ2) is 20.8. The lowest BCUT2D eigenvalue weighted by molar-refractivity contribution is 0.926. The fourth-order valence-electron chi connectivity index (χ4n) is 12.9. The molecule has 0 aliphatic carbocycles. The molecule has 12 aromatic carbocycles. The minimum atomic E-state index is -2.76. The van der Waals surface area contributed by atoms with Crippen LogP contribution in [0.4, 0.5) is 0 Å². The van der Waals surface area contributed by atoms with E-state index in [-0.39, 0.29) is 5.92 Å². The Hall–Kier alpha value is -9.13. The van der Waals surface area contributed by atoms with Gasteiger partial charge >= 0.3 is 0 Å². The summed E-state index contributed by atoms with van der Waals surface area (Å²) in [6.45, 7) is 4.65. The molecular formula is C75H59NSi2. The molecule has 0 saturated carbocycles. The molecule has 0 saturated heterocycles. The maximum absolute atomic E-state index is 2.76. The van der Waals surface area contributed by atoms with E-state index in [9.17, 15) is 0 Å². The van der Waals surface area contributed by atoms with E-state index in [1.54, 1.807) is 0 Å². The first kappa shape index (κ1) is 48.5. The molecule has 13 aromatic rings. The quantitative estimate of drug-likeness (QED) is 0.0801. The van der Waals surface area contributed by atoms with E-state index >= 15 is 0 Å². The second-order valence-electron chi connectivity index (χ2n) is 20.8. The maximum atomic E-state index is 2.53. The van der Waals surface area contributed by atoms with Gasteiger partial charge in [-0.15, -0.1) is 0 Å². The van der Waals surface area contributed by atoms with Gasteiger partial charge < -0.3 is 4.57 Å². The molecule has 1 nitrogen and oxygen atoms in total. The second-order valence-corrected chi connectivity index (χ2v) is 28.4. The summed E-state index contributed by atoms with van der Waals surface area (Å²) >= 11 is 0. The zero-order valence-corrected chi connectivity index (χ0v) is 46.0. The van der Waals surface area contributed by atoms with E-state index in [1.807, 2.05) is 0 Å². The van der Waals surface area contributed by atoms with Crippen LogP contribution in [-0.4, -0.2) is 20.7 Å². The van der Waals surface area contributed by atoms with Crippen molar-refractivity contribution in [1.29, 1.82) is 0 Å². The van der Waals surface area contributed by atoms with Gasteiger partial charge in [0.2, 0.25) is 0 Å². The number of aromatic nitrogens is 1. The van der Waals surface area contributed by atoms with E-state index in [0.29, 0.717) is 0 Å². The Morgan fingerprint density at radius 2 is 0.705 bits per heavy atom. The highest BCUT2D eigenvalue weighted by molar-refractivity contribution is 7.20. The Bertz CT molecular complexity index is 4020. The molecule has 1 heterocycles. The van der Waals surface area contributed by atoms with E-state index in [4.69, 9.17) is 0 Å². The molecule has 0 N–H and O–H groups in total. The van der Waals surface area contributed by atoms with Crippen LogP contribution in [0.1, 0.15) is 29.5 Å². The van der Waals surface area contributed by atoms with Gasteiger partial charge in [-0.25, -0.2) is 0 Å². The Morgan fingerprint density at radius 3 is 1.24 bits per heavy atom. The highest BCUT2D eigenvalue weighted by Crippen LogP contribution is 2.39. The van der Waals surface area contributed by atoms with Gasteiger partial charge in [0.1, 0.15) is 0 Å². The van der Waals surface area contributed by atoms with Crippen LogP contribution in [0.5, 0.6) is 0 Å². The number of rotatable bonds is 13. The van der Waals surface area contributed by atoms with Crippen molar-refractivity contribution in [3.05, 3.63) is 332 Å². The molecule has 0 amide bonds. The van der Waals surface area contributed by atoms with Crippen molar-refractivity contribution in [1.82, 2.24) is 4.57 Å². The summed E-state index contributed by atoms with van der Waals surface area (Å²) in [5.74, 6) is 0.125. The summed E-state index contributed by atoms with van der Waals surface area (Å²) in [4.78, 5) is 0. The molecule has 0 spiro atoms. The Morgan fingerprint density at radius 1 is 0.295 bits per heavy atom. The standard InChI is InChI=1S/C75H59NSi2/c1-55-47-48-58(52-72(55)70-44-22-21-43-69(70)56(2)57-27-25-41-67(51-57)77(61-29-9-3-10-30-61,62-31-11-4-12-32-62)63-33-13-5-14-34-63)59-49-50-75-73(53-59)71-45-23-24-46-74(71)76(75)60-28-26-42-68(54-60)78(64-35-15-6-16-36-64,65-37-17-7-18-38-65)66-39-19-8-20-40-66/h3-54,56H,1-2H3/t56-/m1/s1. The largest absolute Gasteiger partial charge is 0.309 e. The molecule has 0 fully saturated rings. The van der Waals surface area contributed by atoms with Crippen molar-refractivity contribution < 1.29 is 0 Å². The maximum Gasteiger partial charge on any atom is 0.179 e. The minimum absolute atomic E-state index is 0.125. The lowest BCUT2D eigenvalue weighted by Crippen LogP contribution is -2.74. The van der Waals surface area contributed by atoms with E-state index in [2.05, 4.69) is 334 Å². The van der Waals surface area contributed by atoms with Crippen molar-refractivity contribution in [3.8, 4) is 27.9 Å². The average molecular weight is 1030 g/mol. The average Bonchev–Trinajstić information content (AvgIpc) is 3.98. The smallest absolute Gasteiger partial charge is 0.179 e. The SMILES string of the molecule is Cc1ccc(-c2ccc3c(c2)c2ccccc2n3-c2cccc([Si](c3ccccc3)(c3ccccc3)c3ccccc3)c2)cc1-c1ccccc1[C@H](C)c1cccc([Si](c2ccccc2)(c2ccccc2)c2ccccc2)c1. The normalized spacial score (nSPS) is 12.2. The molecule has 0 unspecified atom stereocenters. The third-order valence-electron chi connectivity index (χ3n) is 16.6. The van der Waals surface area contributed by atoms with Crippen LogP contribution >= 0.6 is 0 Å². The van der Waals surface area contributed by atoms with Gasteiger partial charge in [-0.05, 0) is 124 Å². The molecule has 0 aliphatic rings. The molecule has 0 aliphatic heterocycles. The molecule has 3 heteroatoms. The van der Waals surface area contributed by atoms with Crippen molar-refractivity contribution >= 4 is 79.4 Å². The lowest BCUT2D eigenvalue weighted by atomic mass is 9.85. The van der Waals surface area contributed by atoms with Gasteiger partial charge in [0.05, 0.1) is 11.0 Å². The predicted molar refractivity (Wildman–Crippen MR) is 338 cm³/mol. The third-order valence-corrected chi connectivity index (χ3v) is 26.1. The van der Waals surface area contributed by atoms with Gasteiger partial charge in [0.15, 0.2) is 16.1 Å². The molecule has 78 heavy (non-hydrogen) atoms. The van der Waals surface area contributed by atoms with E-state index in [0.717, 1.165) is 5.69 Å². The molecular weight excluding hydrogens is 971 g/mol. The number of para-hydroxylation sites is 1. The van der Waals surface area contributed by atoms with Crippen LogP contribution in [0, 0.1) is 6.92 Å². The van der Waals surface area contributed by atoms with Crippen LogP contribution < -0.4 is 41.5 Å². The van der Waals surface area contributed by atoms with Crippen molar-refractivity contribution in [3.63, 3.8) is 0 Å². The van der Waals surface area contributed by atoms with Gasteiger partial charge in [-0.3, -0.25) is 0 Å². The fourth-order valence-corrected chi connectivity index (χ4v) is 22.5. The minimum Gasteiger partial charge on any atom is -0.309 e. The summed E-state index contributed by atoms with van der Waals surface area (Å²) in [7, 11) is -5.48. The number of benzene rings is 12. The first-order valence-corrected chi connectivity index (χ1v) is 31.3. The molecule has 0 bridgehead atoms. The Labute approximate surface area is 461 Å². The molecule has 372 valence electrons. The number of aryl methyl sites for hydroxylation is 1. The summed E-state index contributed by atoms with van der Waals surface area (Å²) in [6.07, 6.45) is 0. The Balaban J connectivity index is 0.904. The van der Waals surface area contributed by atoms with Crippen molar-refractivity contribution in [2.24, 2.45) is 0 Å². The van der Waals surface area contributed by atoms with Crippen molar-refractivity contribution in [2.75, 3.05) is 0 Å².